The van der Waals surface area contributed by atoms with E-state index in [1.54, 1.807) is 20.8 Å². The second-order valence-corrected chi connectivity index (χ2v) is 11.0. The van der Waals surface area contributed by atoms with E-state index >= 15 is 0 Å². The zero-order valence-corrected chi connectivity index (χ0v) is 24.1. The maximum atomic E-state index is 13.4. The van der Waals surface area contributed by atoms with Crippen LogP contribution in [0.2, 0.25) is 0 Å². The van der Waals surface area contributed by atoms with Crippen LogP contribution in [0.25, 0.3) is 5.65 Å². The van der Waals surface area contributed by atoms with Crippen molar-refractivity contribution in [1.82, 2.24) is 24.3 Å². The Morgan fingerprint density at radius 1 is 1.00 bits per heavy atom. The number of rotatable bonds is 10. The first-order valence-electron chi connectivity index (χ1n) is 12.2. The highest BCUT2D eigenvalue weighted by Crippen LogP contribution is 3.02. The number of hydrogen-bond acceptors (Lipinski definition) is 8. The maximum absolute atomic E-state index is 13.4. The van der Waals surface area contributed by atoms with E-state index in [4.69, 9.17) is 20.0 Å². The number of Topliss-reactive ketones (excluding diaryl/α,β-unsaturated/α-hetero) is 1. The van der Waals surface area contributed by atoms with Gasteiger partial charge in [-0.15, -0.1) is 10.2 Å². The topological polar surface area (TPSA) is 152 Å². The number of alkyl halides is 3. The number of nitrogens with zero attached hydrogens (tertiary/aromatic N) is 5. The Labute approximate surface area is 243 Å². The summed E-state index contributed by atoms with van der Waals surface area (Å²) in [6, 6.07) is 2.35. The Morgan fingerprint density at radius 2 is 1.57 bits per heavy atom. The molecule has 1 aromatic carbocycles. The molecule has 0 aliphatic rings. The number of aromatic nitrogens is 4. The van der Waals surface area contributed by atoms with Gasteiger partial charge in [0.15, 0.2) is 11.4 Å². The average Bonchev–Trinajstić information content (AvgIpc) is 3.22. The zero-order valence-electron chi connectivity index (χ0n) is 23.3. The van der Waals surface area contributed by atoms with Gasteiger partial charge in [-0.25, -0.2) is 9.48 Å². The summed E-state index contributed by atoms with van der Waals surface area (Å²) in [5, 5.41) is 23.7. The fraction of sp³-hybridized carbons (Fsp3) is 0.391. The molecule has 21 heteroatoms. The molecule has 0 bridgehead atoms. The van der Waals surface area contributed by atoms with Crippen LogP contribution >= 0.6 is 10.2 Å². The zero-order chi connectivity index (χ0) is 33.9. The number of ether oxygens (including phenoxy) is 2. The van der Waals surface area contributed by atoms with Crippen molar-refractivity contribution in [2.75, 3.05) is 26.8 Å². The van der Waals surface area contributed by atoms with E-state index in [1.165, 1.54) is 11.0 Å². The second-order valence-electron chi connectivity index (χ2n) is 8.62. The van der Waals surface area contributed by atoms with Gasteiger partial charge >= 0.3 is 22.4 Å². The minimum atomic E-state index is -10.1. The van der Waals surface area contributed by atoms with Gasteiger partial charge in [0.05, 0.1) is 19.3 Å². The van der Waals surface area contributed by atoms with Crippen LogP contribution in [-0.4, -0.2) is 80.0 Å². The van der Waals surface area contributed by atoms with Crippen molar-refractivity contribution in [2.45, 2.75) is 38.4 Å². The summed E-state index contributed by atoms with van der Waals surface area (Å²) in [7, 11) is -9.16. The van der Waals surface area contributed by atoms with Crippen molar-refractivity contribution in [3.63, 3.8) is 0 Å². The number of amides is 1. The van der Waals surface area contributed by atoms with Crippen LogP contribution in [0, 0.1) is 5.41 Å². The molecule has 246 valence electrons. The van der Waals surface area contributed by atoms with E-state index in [0.717, 1.165) is 22.4 Å². The molecule has 0 aliphatic heterocycles. The molecule has 0 aliphatic carbocycles. The Bertz CT molecular complexity index is 1640. The molecule has 2 N–H and O–H groups in total. The highest BCUT2D eigenvalue weighted by Gasteiger charge is 2.65. The SMILES string of the molecule is CCOc1cc(C(=O)N(CC)CC)c2nn(CC(=O)c3cc(OC)cc(S(F)(F)(F)(F)F)c3)c(=N)n2n1.O=C(O)C(F)(F)F. The number of carbonyl (C=O) groups is 3. The Balaban J connectivity index is 0.000000860. The summed E-state index contributed by atoms with van der Waals surface area (Å²) < 4.78 is 111. The standard InChI is InChI=1S/C21H25F5N6O4S.C2HF3O2/c1-5-30(6-2)20(34)16-11-18(36-7-3)28-32-19(16)29-31(21(32)27)12-17(33)13-8-14(35-4)10-15(9-13)37(22,23,24,25)26;3-2(4,5)1(6)7/h8-11,27H,5-7,12H2,1-4H3;(H,6,7). The van der Waals surface area contributed by atoms with Gasteiger partial charge in [-0.05, 0) is 32.9 Å². The van der Waals surface area contributed by atoms with E-state index in [0.29, 0.717) is 13.1 Å². The number of fused-ring (bicyclic) bond motifs is 1. The molecule has 0 radical (unpaired) electrons. The Morgan fingerprint density at radius 3 is 2.02 bits per heavy atom. The molecule has 0 unspecified atom stereocenters. The predicted octanol–water partition coefficient (Wildman–Crippen LogP) is 5.07. The minimum Gasteiger partial charge on any atom is -0.497 e. The number of carboxylic acids is 1. The molecule has 0 saturated carbocycles. The van der Waals surface area contributed by atoms with Gasteiger partial charge in [-0.2, -0.15) is 17.7 Å². The first-order chi connectivity index (χ1) is 20.0. The fourth-order valence-corrected chi connectivity index (χ4v) is 4.15. The molecule has 44 heavy (non-hydrogen) atoms. The number of carbonyl (C=O) groups excluding carboxylic acids is 2. The minimum absolute atomic E-state index is 0.00296. The van der Waals surface area contributed by atoms with Crippen LogP contribution in [0.5, 0.6) is 11.6 Å². The summed E-state index contributed by atoms with van der Waals surface area (Å²) in [5.41, 5.74) is -1.31. The first kappa shape index (κ1) is 35.8. The number of halogens is 8. The highest BCUT2D eigenvalue weighted by atomic mass is 32.5. The number of ketones is 1. The molecular formula is C23H26F8N6O6S. The Kier molecular flexibility index (Phi) is 9.69. The largest absolute Gasteiger partial charge is 0.497 e. The quantitative estimate of drug-likeness (QED) is 0.225. The third-order valence-electron chi connectivity index (χ3n) is 5.56. The van der Waals surface area contributed by atoms with E-state index in [9.17, 15) is 42.2 Å². The Hall–Kier alpha value is -4.43. The number of benzene rings is 1. The van der Waals surface area contributed by atoms with Gasteiger partial charge < -0.3 is 19.5 Å². The summed E-state index contributed by atoms with van der Waals surface area (Å²) in [5.74, 6) is -4.87. The van der Waals surface area contributed by atoms with Crippen LogP contribution < -0.4 is 15.1 Å². The number of nitrogens with one attached hydrogen (secondary N) is 1. The van der Waals surface area contributed by atoms with Crippen molar-refractivity contribution in [1.29, 1.82) is 5.41 Å². The van der Waals surface area contributed by atoms with Gasteiger partial charge in [-0.1, -0.05) is 19.4 Å². The van der Waals surface area contributed by atoms with E-state index in [1.807, 2.05) is 0 Å². The van der Waals surface area contributed by atoms with Crippen LogP contribution in [0.1, 0.15) is 41.5 Å². The lowest BCUT2D eigenvalue weighted by Gasteiger charge is -2.40. The van der Waals surface area contributed by atoms with Crippen LogP contribution in [0.4, 0.5) is 32.6 Å². The highest BCUT2D eigenvalue weighted by molar-refractivity contribution is 8.45. The summed E-state index contributed by atoms with van der Waals surface area (Å²) >= 11 is 0. The maximum Gasteiger partial charge on any atom is 0.490 e. The van der Waals surface area contributed by atoms with Gasteiger partial charge in [-0.3, -0.25) is 15.0 Å². The van der Waals surface area contributed by atoms with E-state index in [-0.39, 0.29) is 35.8 Å². The van der Waals surface area contributed by atoms with E-state index in [2.05, 4.69) is 14.9 Å². The summed E-state index contributed by atoms with van der Waals surface area (Å²) in [6.45, 7) is 5.33. The number of aliphatic carboxylic acids is 1. The second kappa shape index (κ2) is 11.9. The van der Waals surface area contributed by atoms with Crippen molar-refractivity contribution in [2.24, 2.45) is 0 Å². The lowest BCUT2D eigenvalue weighted by Crippen LogP contribution is -2.31. The van der Waals surface area contributed by atoms with Crippen molar-refractivity contribution < 1.29 is 61.6 Å². The van der Waals surface area contributed by atoms with Crippen molar-refractivity contribution in [3.05, 3.63) is 41.0 Å². The first-order valence-corrected chi connectivity index (χ1v) is 14.2. The molecule has 2 heterocycles. The predicted molar refractivity (Wildman–Crippen MR) is 138 cm³/mol. The van der Waals surface area contributed by atoms with Crippen LogP contribution in [0.3, 0.4) is 0 Å². The van der Waals surface area contributed by atoms with Crippen LogP contribution in [0.15, 0.2) is 29.2 Å². The number of hydrogen-bond donors (Lipinski definition) is 2. The van der Waals surface area contributed by atoms with Gasteiger partial charge in [0, 0.05) is 30.8 Å². The molecular weight excluding hydrogens is 640 g/mol. The molecule has 3 aromatic rings. The van der Waals surface area contributed by atoms with Gasteiger partial charge in [0.2, 0.25) is 11.5 Å². The molecule has 0 fully saturated rings. The summed E-state index contributed by atoms with van der Waals surface area (Å²) in [4.78, 5) is 34.0. The molecule has 1 amide bonds. The van der Waals surface area contributed by atoms with Gasteiger partial charge in [0.25, 0.3) is 5.91 Å². The average molecular weight is 667 g/mol. The van der Waals surface area contributed by atoms with Crippen molar-refractivity contribution >= 4 is 33.5 Å². The van der Waals surface area contributed by atoms with Crippen molar-refractivity contribution in [3.8, 4) is 11.6 Å². The monoisotopic (exact) mass is 666 g/mol. The molecule has 0 spiro atoms. The third-order valence-corrected chi connectivity index (χ3v) is 6.69. The lowest BCUT2D eigenvalue weighted by atomic mass is 10.1. The van der Waals surface area contributed by atoms with E-state index < -0.39 is 62.4 Å². The molecule has 0 atom stereocenters. The smallest absolute Gasteiger partial charge is 0.490 e. The molecule has 12 nitrogen and oxygen atoms in total. The molecule has 2 aromatic heterocycles. The lowest BCUT2D eigenvalue weighted by molar-refractivity contribution is -0.192. The van der Waals surface area contributed by atoms with Crippen LogP contribution in [-0.2, 0) is 11.3 Å². The molecule has 3 rings (SSSR count). The van der Waals surface area contributed by atoms with Gasteiger partial charge in [0.1, 0.15) is 17.2 Å². The molecule has 0 saturated heterocycles. The summed E-state index contributed by atoms with van der Waals surface area (Å²) in [6.07, 6.45) is -5.08. The fourth-order valence-electron chi connectivity index (χ4n) is 3.46. The number of methoxy groups -OCH3 is 1. The third kappa shape index (κ3) is 8.57. The normalized spacial score (nSPS) is 13.3. The number of carboxylic acid groups (broad SMARTS) is 1.